The Morgan fingerprint density at radius 1 is 0.465 bits per heavy atom. The second-order valence-electron chi connectivity index (χ2n) is 10.2. The minimum atomic E-state index is -5.17. The molecular weight excluding hydrogens is 594 g/mol. The highest BCUT2D eigenvalue weighted by molar-refractivity contribution is 7.82. The molecule has 43 heavy (non-hydrogen) atoms. The Balaban J connectivity index is 1.48. The predicted octanol–water partition coefficient (Wildman–Crippen LogP) is 7.54. The van der Waals surface area contributed by atoms with Crippen molar-refractivity contribution in [1.82, 2.24) is 0 Å². The Morgan fingerprint density at radius 2 is 0.837 bits per heavy atom. The molecule has 0 spiro atoms. The molecule has 0 radical (unpaired) electrons. The van der Waals surface area contributed by atoms with Crippen molar-refractivity contribution in [3.05, 3.63) is 144 Å². The molecule has 6 aromatic carbocycles. The molecule has 7 rings (SSSR count). The lowest BCUT2D eigenvalue weighted by Gasteiger charge is -2.34. The SMILES string of the molecule is O=S(=O)(F)Oc1ccc2cc(C3(c4ccc5cc(OS(=O)(=O)F)ccc5c4)c4ccccc4-c4ccccc43)ccc2c1. The van der Waals surface area contributed by atoms with Gasteiger partial charge in [-0.2, -0.15) is 16.8 Å². The Hall–Kier alpha value is -4.80. The van der Waals surface area contributed by atoms with Crippen LogP contribution in [0.15, 0.2) is 121 Å². The third-order valence-corrected chi connectivity index (χ3v) is 8.62. The van der Waals surface area contributed by atoms with E-state index in [-0.39, 0.29) is 11.5 Å². The molecule has 0 amide bonds. The zero-order valence-corrected chi connectivity index (χ0v) is 23.7. The van der Waals surface area contributed by atoms with Crippen LogP contribution in [-0.4, -0.2) is 16.8 Å². The van der Waals surface area contributed by atoms with Crippen LogP contribution >= 0.6 is 0 Å². The standard InChI is InChI=1S/C33H20F2O6S2/c34-42(36,37)40-27-15-11-21-17-25(13-9-23(21)19-27)33(31-7-3-1-5-29(31)30-6-2-4-8-32(30)33)26-14-10-24-20-28(41-43(35,38)39)16-12-22(24)18-26/h1-20H. The molecule has 6 nitrogen and oxygen atoms in total. The lowest BCUT2D eigenvalue weighted by atomic mass is 9.67. The fourth-order valence-corrected chi connectivity index (χ4v) is 6.94. The average Bonchev–Trinajstić information content (AvgIpc) is 3.26. The van der Waals surface area contributed by atoms with Gasteiger partial charge in [0.15, 0.2) is 0 Å². The fraction of sp³-hybridized carbons (Fsp3) is 0.0303. The van der Waals surface area contributed by atoms with Gasteiger partial charge in [-0.05, 0) is 91.3 Å². The molecule has 0 unspecified atom stereocenters. The minimum Gasteiger partial charge on any atom is -0.358 e. The van der Waals surface area contributed by atoms with E-state index in [9.17, 15) is 24.6 Å². The highest BCUT2D eigenvalue weighted by Gasteiger charge is 2.46. The van der Waals surface area contributed by atoms with Crippen molar-refractivity contribution < 1.29 is 33.0 Å². The Morgan fingerprint density at radius 3 is 1.26 bits per heavy atom. The Bertz CT molecular complexity index is 2150. The average molecular weight is 615 g/mol. The summed E-state index contributed by atoms with van der Waals surface area (Å²) in [4.78, 5) is 0. The molecule has 0 aliphatic heterocycles. The van der Waals surface area contributed by atoms with Gasteiger partial charge in [0.25, 0.3) is 0 Å². The van der Waals surface area contributed by atoms with Crippen LogP contribution in [0.3, 0.4) is 0 Å². The van der Waals surface area contributed by atoms with Gasteiger partial charge < -0.3 is 8.37 Å². The van der Waals surface area contributed by atoms with Crippen molar-refractivity contribution >= 4 is 42.6 Å². The van der Waals surface area contributed by atoms with Crippen LogP contribution < -0.4 is 8.37 Å². The van der Waals surface area contributed by atoms with E-state index in [0.29, 0.717) is 10.8 Å². The summed E-state index contributed by atoms with van der Waals surface area (Å²) in [6.07, 6.45) is 0. The second kappa shape index (κ2) is 9.62. The first-order valence-electron chi connectivity index (χ1n) is 13.1. The summed E-state index contributed by atoms with van der Waals surface area (Å²) in [5.74, 6) is -0.264. The molecule has 6 aromatic rings. The van der Waals surface area contributed by atoms with Crippen molar-refractivity contribution in [3.8, 4) is 22.6 Å². The summed E-state index contributed by atoms with van der Waals surface area (Å²) in [5, 5.41) is 2.90. The summed E-state index contributed by atoms with van der Waals surface area (Å²) in [6, 6.07) is 37.1. The summed E-state index contributed by atoms with van der Waals surface area (Å²) >= 11 is 0. The minimum absolute atomic E-state index is 0.132. The molecule has 0 N–H and O–H groups in total. The molecule has 1 aliphatic rings. The van der Waals surface area contributed by atoms with Crippen LogP contribution in [0.25, 0.3) is 32.7 Å². The van der Waals surface area contributed by atoms with Crippen LogP contribution in [0.2, 0.25) is 0 Å². The maximum atomic E-state index is 13.2. The second-order valence-corrected chi connectivity index (χ2v) is 12.1. The van der Waals surface area contributed by atoms with E-state index in [4.69, 9.17) is 0 Å². The summed E-state index contributed by atoms with van der Waals surface area (Å²) < 4.78 is 79.3. The number of rotatable bonds is 6. The zero-order valence-electron chi connectivity index (χ0n) is 22.1. The normalized spacial score (nSPS) is 13.9. The lowest BCUT2D eigenvalue weighted by molar-refractivity contribution is 0.438. The molecule has 0 saturated carbocycles. The highest BCUT2D eigenvalue weighted by atomic mass is 32.3. The van der Waals surface area contributed by atoms with E-state index in [1.807, 2.05) is 60.7 Å². The third-order valence-electron chi connectivity index (χ3n) is 7.83. The molecule has 0 heterocycles. The topological polar surface area (TPSA) is 86.7 Å². The van der Waals surface area contributed by atoms with Crippen molar-refractivity contribution in [1.29, 1.82) is 0 Å². The molecule has 0 aromatic heterocycles. The van der Waals surface area contributed by atoms with Gasteiger partial charge in [0.05, 0.1) is 5.41 Å². The summed E-state index contributed by atoms with van der Waals surface area (Å²) in [7, 11) is -10.3. The smallest absolute Gasteiger partial charge is 0.358 e. The van der Waals surface area contributed by atoms with Gasteiger partial charge in [0.2, 0.25) is 0 Å². The van der Waals surface area contributed by atoms with Crippen molar-refractivity contribution in [2.75, 3.05) is 0 Å². The van der Waals surface area contributed by atoms with Crippen LogP contribution in [0.5, 0.6) is 11.5 Å². The number of halogens is 2. The third kappa shape index (κ3) is 4.68. The van der Waals surface area contributed by atoms with Gasteiger partial charge in [-0.15, -0.1) is 0 Å². The largest absolute Gasteiger partial charge is 0.488 e. The van der Waals surface area contributed by atoms with E-state index < -0.39 is 26.4 Å². The van der Waals surface area contributed by atoms with Crippen LogP contribution in [0.1, 0.15) is 22.3 Å². The maximum absolute atomic E-state index is 13.2. The fourth-order valence-electron chi connectivity index (χ4n) is 6.27. The zero-order chi connectivity index (χ0) is 30.0. The lowest BCUT2D eigenvalue weighted by Crippen LogP contribution is -2.28. The van der Waals surface area contributed by atoms with E-state index >= 15 is 0 Å². The molecule has 0 fully saturated rings. The van der Waals surface area contributed by atoms with Gasteiger partial charge >= 0.3 is 21.0 Å². The van der Waals surface area contributed by atoms with Crippen molar-refractivity contribution in [2.24, 2.45) is 0 Å². The molecule has 214 valence electrons. The molecule has 0 bridgehead atoms. The first-order chi connectivity index (χ1) is 20.5. The van der Waals surface area contributed by atoms with Crippen LogP contribution in [0.4, 0.5) is 7.77 Å². The van der Waals surface area contributed by atoms with E-state index in [1.165, 1.54) is 24.3 Å². The first kappa shape index (κ1) is 27.1. The predicted molar refractivity (Wildman–Crippen MR) is 160 cm³/mol. The maximum Gasteiger partial charge on any atom is 0.488 e. The van der Waals surface area contributed by atoms with E-state index in [1.54, 1.807) is 12.1 Å². The van der Waals surface area contributed by atoms with Gasteiger partial charge in [0.1, 0.15) is 11.5 Å². The number of hydrogen-bond acceptors (Lipinski definition) is 6. The monoisotopic (exact) mass is 614 g/mol. The van der Waals surface area contributed by atoms with Crippen LogP contribution in [-0.2, 0) is 26.4 Å². The van der Waals surface area contributed by atoms with Crippen molar-refractivity contribution in [3.63, 3.8) is 0 Å². The molecule has 0 saturated heterocycles. The Kier molecular flexibility index (Phi) is 6.05. The van der Waals surface area contributed by atoms with Gasteiger partial charge in [-0.3, -0.25) is 0 Å². The van der Waals surface area contributed by atoms with Crippen molar-refractivity contribution in [2.45, 2.75) is 5.41 Å². The molecule has 0 atom stereocenters. The first-order valence-corrected chi connectivity index (χ1v) is 15.7. The summed E-state index contributed by atoms with van der Waals surface area (Å²) in [5.41, 5.74) is 5.37. The van der Waals surface area contributed by atoms with E-state index in [2.05, 4.69) is 32.6 Å². The molecular formula is C33H20F2O6S2. The Labute approximate surface area is 246 Å². The summed E-state index contributed by atoms with van der Waals surface area (Å²) in [6.45, 7) is 0. The van der Waals surface area contributed by atoms with Gasteiger partial charge in [-0.25, -0.2) is 0 Å². The number of benzene rings is 6. The highest BCUT2D eigenvalue weighted by Crippen LogP contribution is 2.56. The number of hydrogen-bond donors (Lipinski definition) is 0. The van der Waals surface area contributed by atoms with E-state index in [0.717, 1.165) is 44.2 Å². The number of fused-ring (bicyclic) bond motifs is 5. The van der Waals surface area contributed by atoms with Gasteiger partial charge in [-0.1, -0.05) is 92.7 Å². The quantitative estimate of drug-likeness (QED) is 0.180. The van der Waals surface area contributed by atoms with Gasteiger partial charge in [0, 0.05) is 0 Å². The molecule has 10 heteroatoms. The van der Waals surface area contributed by atoms with Crippen LogP contribution in [0, 0.1) is 0 Å². The molecule has 1 aliphatic carbocycles.